The van der Waals surface area contributed by atoms with E-state index in [9.17, 15) is 14.5 Å². The lowest BCUT2D eigenvalue weighted by molar-refractivity contribution is -0.387. The third-order valence-corrected chi connectivity index (χ3v) is 3.50. The van der Waals surface area contributed by atoms with E-state index in [-0.39, 0.29) is 6.04 Å². The molecule has 1 aliphatic heterocycles. The predicted octanol–water partition coefficient (Wildman–Crippen LogP) is 1.54. The van der Waals surface area contributed by atoms with Gasteiger partial charge >= 0.3 is 5.69 Å². The molecule has 0 spiro atoms. The van der Waals surface area contributed by atoms with Gasteiger partial charge in [0.2, 0.25) is 5.82 Å². The van der Waals surface area contributed by atoms with Crippen molar-refractivity contribution in [3.63, 3.8) is 0 Å². The van der Waals surface area contributed by atoms with Gasteiger partial charge in [0, 0.05) is 38.3 Å². The maximum atomic E-state index is 13.5. The Morgan fingerprint density at radius 3 is 2.81 bits per heavy atom. The number of halogens is 1. The van der Waals surface area contributed by atoms with Crippen molar-refractivity contribution < 1.29 is 14.1 Å². The number of nitrogens with zero attached hydrogens (tertiary/aromatic N) is 2. The molecule has 1 aromatic rings. The SMILES string of the molecule is CC(CN1CCOCC1)NCc1ccc([N+](=O)[O-])c(F)c1. The molecule has 1 aromatic carbocycles. The Morgan fingerprint density at radius 2 is 2.19 bits per heavy atom. The van der Waals surface area contributed by atoms with Gasteiger partial charge in [0.25, 0.3) is 0 Å². The van der Waals surface area contributed by atoms with Crippen molar-refractivity contribution in [1.29, 1.82) is 0 Å². The van der Waals surface area contributed by atoms with Crippen LogP contribution in [0.25, 0.3) is 0 Å². The Hall–Kier alpha value is -1.57. The monoisotopic (exact) mass is 297 g/mol. The number of benzene rings is 1. The van der Waals surface area contributed by atoms with Gasteiger partial charge in [0.1, 0.15) is 0 Å². The first-order chi connectivity index (χ1) is 10.1. The molecule has 1 heterocycles. The summed E-state index contributed by atoms with van der Waals surface area (Å²) in [7, 11) is 0. The first-order valence-electron chi connectivity index (χ1n) is 7.02. The number of rotatable bonds is 6. The van der Waals surface area contributed by atoms with E-state index in [0.717, 1.165) is 32.8 Å². The molecular formula is C14H20FN3O3. The van der Waals surface area contributed by atoms with Crippen LogP contribution >= 0.6 is 0 Å². The van der Waals surface area contributed by atoms with Crippen molar-refractivity contribution in [2.24, 2.45) is 0 Å². The summed E-state index contributed by atoms with van der Waals surface area (Å²) < 4.78 is 18.8. The fourth-order valence-electron chi connectivity index (χ4n) is 2.34. The van der Waals surface area contributed by atoms with Gasteiger partial charge in [-0.05, 0) is 18.6 Å². The Bertz CT molecular complexity index is 492. The highest BCUT2D eigenvalue weighted by molar-refractivity contribution is 5.34. The van der Waals surface area contributed by atoms with Gasteiger partial charge < -0.3 is 10.1 Å². The topological polar surface area (TPSA) is 67.6 Å². The molecule has 0 aromatic heterocycles. The second kappa shape index (κ2) is 7.44. The summed E-state index contributed by atoms with van der Waals surface area (Å²) in [5.41, 5.74) is 0.215. The van der Waals surface area contributed by atoms with Crippen LogP contribution in [0.15, 0.2) is 18.2 Å². The summed E-state index contributed by atoms with van der Waals surface area (Å²) in [4.78, 5) is 12.2. The predicted molar refractivity (Wildman–Crippen MR) is 76.6 cm³/mol. The highest BCUT2D eigenvalue weighted by atomic mass is 19.1. The van der Waals surface area contributed by atoms with Gasteiger partial charge in [-0.2, -0.15) is 4.39 Å². The van der Waals surface area contributed by atoms with E-state index in [1.165, 1.54) is 12.1 Å². The molecule has 0 amide bonds. The number of nitro benzene ring substituents is 1. The van der Waals surface area contributed by atoms with Crippen LogP contribution < -0.4 is 5.32 Å². The molecule has 2 rings (SSSR count). The van der Waals surface area contributed by atoms with E-state index >= 15 is 0 Å². The molecule has 0 saturated carbocycles. The van der Waals surface area contributed by atoms with E-state index < -0.39 is 16.4 Å². The molecule has 7 heteroatoms. The number of ether oxygens (including phenoxy) is 1. The molecule has 1 fully saturated rings. The molecule has 0 radical (unpaired) electrons. The molecule has 0 bridgehead atoms. The Balaban J connectivity index is 1.81. The summed E-state index contributed by atoms with van der Waals surface area (Å²) in [6, 6.07) is 4.25. The van der Waals surface area contributed by atoms with E-state index in [1.54, 1.807) is 6.07 Å². The van der Waals surface area contributed by atoms with Crippen LogP contribution in [0.1, 0.15) is 12.5 Å². The van der Waals surface area contributed by atoms with Crippen molar-refractivity contribution in [3.05, 3.63) is 39.7 Å². The summed E-state index contributed by atoms with van der Waals surface area (Å²) >= 11 is 0. The quantitative estimate of drug-likeness (QED) is 0.637. The summed E-state index contributed by atoms with van der Waals surface area (Å²) in [6.45, 7) is 6.84. The van der Waals surface area contributed by atoms with Crippen LogP contribution in [0, 0.1) is 15.9 Å². The smallest absolute Gasteiger partial charge is 0.304 e. The number of morpholine rings is 1. The minimum absolute atomic E-state index is 0.251. The Labute approximate surface area is 123 Å². The van der Waals surface area contributed by atoms with E-state index in [0.29, 0.717) is 12.1 Å². The van der Waals surface area contributed by atoms with Crippen molar-refractivity contribution in [3.8, 4) is 0 Å². The Morgan fingerprint density at radius 1 is 1.48 bits per heavy atom. The van der Waals surface area contributed by atoms with Crippen LogP contribution in [-0.2, 0) is 11.3 Å². The van der Waals surface area contributed by atoms with Crippen molar-refractivity contribution in [2.45, 2.75) is 19.5 Å². The van der Waals surface area contributed by atoms with E-state index in [4.69, 9.17) is 4.74 Å². The first kappa shape index (κ1) is 15.8. The standard InChI is InChI=1S/C14H20FN3O3/c1-11(10-17-4-6-21-7-5-17)16-9-12-2-3-14(18(19)20)13(15)8-12/h2-3,8,11,16H,4-7,9-10H2,1H3. The van der Waals surface area contributed by atoms with Crippen LogP contribution in [0.5, 0.6) is 0 Å². The lowest BCUT2D eigenvalue weighted by Gasteiger charge is -2.29. The maximum Gasteiger partial charge on any atom is 0.304 e. The number of nitro groups is 1. The molecule has 1 aliphatic rings. The zero-order chi connectivity index (χ0) is 15.2. The summed E-state index contributed by atoms with van der Waals surface area (Å²) in [5, 5.41) is 13.9. The van der Waals surface area contributed by atoms with Gasteiger partial charge in [0.15, 0.2) is 0 Å². The molecule has 0 aliphatic carbocycles. The van der Waals surface area contributed by atoms with Gasteiger partial charge in [-0.1, -0.05) is 6.07 Å². The molecular weight excluding hydrogens is 277 g/mol. The lowest BCUT2D eigenvalue weighted by Crippen LogP contribution is -2.44. The fraction of sp³-hybridized carbons (Fsp3) is 0.571. The van der Waals surface area contributed by atoms with Crippen molar-refractivity contribution in [2.75, 3.05) is 32.8 Å². The summed E-state index contributed by atoms with van der Waals surface area (Å²) in [5.74, 6) is -0.792. The zero-order valence-corrected chi connectivity index (χ0v) is 12.0. The van der Waals surface area contributed by atoms with E-state index in [1.807, 2.05) is 0 Å². The van der Waals surface area contributed by atoms with Crippen molar-refractivity contribution >= 4 is 5.69 Å². The minimum Gasteiger partial charge on any atom is -0.379 e. The first-order valence-corrected chi connectivity index (χ1v) is 7.02. The number of hydrogen-bond acceptors (Lipinski definition) is 5. The summed E-state index contributed by atoms with van der Waals surface area (Å²) in [6.07, 6.45) is 0. The second-order valence-corrected chi connectivity index (χ2v) is 5.24. The largest absolute Gasteiger partial charge is 0.379 e. The van der Waals surface area contributed by atoms with Gasteiger partial charge in [0.05, 0.1) is 18.1 Å². The Kier molecular flexibility index (Phi) is 5.60. The molecule has 6 nitrogen and oxygen atoms in total. The lowest BCUT2D eigenvalue weighted by atomic mass is 10.2. The second-order valence-electron chi connectivity index (χ2n) is 5.24. The third kappa shape index (κ3) is 4.73. The van der Waals surface area contributed by atoms with Crippen LogP contribution in [0.3, 0.4) is 0 Å². The average Bonchev–Trinajstić information content (AvgIpc) is 2.46. The molecule has 1 N–H and O–H groups in total. The zero-order valence-electron chi connectivity index (χ0n) is 12.0. The minimum atomic E-state index is -0.792. The van der Waals surface area contributed by atoms with Gasteiger partial charge in [-0.15, -0.1) is 0 Å². The maximum absolute atomic E-state index is 13.5. The molecule has 21 heavy (non-hydrogen) atoms. The highest BCUT2D eigenvalue weighted by Crippen LogP contribution is 2.17. The fourth-order valence-corrected chi connectivity index (χ4v) is 2.34. The van der Waals surface area contributed by atoms with Gasteiger partial charge in [-0.25, -0.2) is 0 Å². The van der Waals surface area contributed by atoms with E-state index in [2.05, 4.69) is 17.1 Å². The third-order valence-electron chi connectivity index (χ3n) is 3.50. The molecule has 1 unspecified atom stereocenters. The van der Waals surface area contributed by atoms with Crippen molar-refractivity contribution in [1.82, 2.24) is 10.2 Å². The number of hydrogen-bond donors (Lipinski definition) is 1. The van der Waals surface area contributed by atoms with Crippen LogP contribution in [0.4, 0.5) is 10.1 Å². The molecule has 116 valence electrons. The molecule has 1 saturated heterocycles. The normalized spacial score (nSPS) is 17.6. The van der Waals surface area contributed by atoms with Crippen LogP contribution in [0.2, 0.25) is 0 Å². The van der Waals surface area contributed by atoms with Crippen LogP contribution in [-0.4, -0.2) is 48.7 Å². The number of nitrogens with one attached hydrogen (secondary N) is 1. The van der Waals surface area contributed by atoms with Gasteiger partial charge in [-0.3, -0.25) is 15.0 Å². The average molecular weight is 297 g/mol. The highest BCUT2D eigenvalue weighted by Gasteiger charge is 2.15. The molecule has 1 atom stereocenters.